The zero-order chi connectivity index (χ0) is 17.9. The van der Waals surface area contributed by atoms with Gasteiger partial charge in [-0.1, -0.05) is 0 Å². The van der Waals surface area contributed by atoms with E-state index in [1.807, 2.05) is 0 Å². The van der Waals surface area contributed by atoms with Crippen LogP contribution in [0, 0.1) is 12.3 Å². The molecule has 1 amide bonds. The van der Waals surface area contributed by atoms with Crippen LogP contribution in [0.5, 0.6) is 5.75 Å². The Morgan fingerprint density at radius 3 is 2.88 bits per heavy atom. The lowest BCUT2D eigenvalue weighted by Crippen LogP contribution is -2.33. The maximum atomic E-state index is 12.3. The van der Waals surface area contributed by atoms with Crippen molar-refractivity contribution in [1.29, 1.82) is 0 Å². The third kappa shape index (κ3) is 3.97. The summed E-state index contributed by atoms with van der Waals surface area (Å²) in [7, 11) is 0. The van der Waals surface area contributed by atoms with E-state index in [-0.39, 0.29) is 17.5 Å². The van der Waals surface area contributed by atoms with Gasteiger partial charge in [-0.05, 0) is 18.2 Å². The molecule has 0 saturated carbocycles. The van der Waals surface area contributed by atoms with Gasteiger partial charge in [0.25, 0.3) is 0 Å². The number of carbonyl (C=O) groups is 2. The van der Waals surface area contributed by atoms with E-state index in [0.717, 1.165) is 0 Å². The summed E-state index contributed by atoms with van der Waals surface area (Å²) in [5.41, 5.74) is 0.392. The van der Waals surface area contributed by atoms with Crippen molar-refractivity contribution >= 4 is 11.9 Å². The van der Waals surface area contributed by atoms with Crippen molar-refractivity contribution in [3.8, 4) is 18.1 Å². The van der Waals surface area contributed by atoms with Crippen molar-refractivity contribution < 1.29 is 19.4 Å². The number of carboxylic acid groups (broad SMARTS) is 1. The fourth-order valence-electron chi connectivity index (χ4n) is 2.93. The van der Waals surface area contributed by atoms with Gasteiger partial charge in [-0.25, -0.2) is 4.79 Å². The molecule has 7 nitrogen and oxygen atoms in total. The first-order chi connectivity index (χ1) is 12.0. The first kappa shape index (κ1) is 17.0. The average molecular weight is 341 g/mol. The van der Waals surface area contributed by atoms with Crippen LogP contribution in [0.3, 0.4) is 0 Å². The van der Waals surface area contributed by atoms with E-state index in [2.05, 4.69) is 21.5 Å². The van der Waals surface area contributed by atoms with E-state index >= 15 is 0 Å². The zero-order valence-corrected chi connectivity index (χ0v) is 13.7. The molecule has 2 N–H and O–H groups in total. The third-order valence-electron chi connectivity index (χ3n) is 4.44. The molecule has 2 aliphatic rings. The maximum Gasteiger partial charge on any atom is 0.335 e. The van der Waals surface area contributed by atoms with E-state index in [4.69, 9.17) is 16.3 Å². The molecule has 25 heavy (non-hydrogen) atoms. The van der Waals surface area contributed by atoms with Crippen LogP contribution in [0.4, 0.5) is 0 Å². The minimum Gasteiger partial charge on any atom is -0.493 e. The molecule has 3 rings (SSSR count). The number of hydrogen-bond acceptors (Lipinski definition) is 5. The van der Waals surface area contributed by atoms with Gasteiger partial charge >= 0.3 is 5.97 Å². The van der Waals surface area contributed by atoms with Gasteiger partial charge in [-0.15, -0.1) is 12.3 Å². The van der Waals surface area contributed by atoms with Gasteiger partial charge < -0.3 is 15.2 Å². The first-order valence-electron chi connectivity index (χ1n) is 8.20. The van der Waals surface area contributed by atoms with Crippen molar-refractivity contribution in [2.24, 2.45) is 10.2 Å². The van der Waals surface area contributed by atoms with Crippen molar-refractivity contribution in [2.75, 3.05) is 6.61 Å². The molecular weight excluding hydrogens is 322 g/mol. The lowest BCUT2D eigenvalue weighted by molar-refractivity contribution is -0.122. The number of nitrogens with one attached hydrogen (secondary N) is 1. The Labute approximate surface area is 145 Å². The standard InChI is InChI=1S/C18H19N3O4/c1-2-3-8-18(20-21-18)9-6-16(22)19-14-7-10-25-15-5-4-12(17(23)24)11-13(14)15/h1,4-5,11,14H,3,6-10H2,(H,19,22)(H,23,24). The Balaban J connectivity index is 1.60. The van der Waals surface area contributed by atoms with Gasteiger partial charge in [-0.2, -0.15) is 10.2 Å². The van der Waals surface area contributed by atoms with Gasteiger partial charge in [0.15, 0.2) is 5.66 Å². The molecule has 0 radical (unpaired) electrons. The summed E-state index contributed by atoms with van der Waals surface area (Å²) >= 11 is 0. The van der Waals surface area contributed by atoms with Crippen molar-refractivity contribution in [2.45, 2.75) is 43.8 Å². The summed E-state index contributed by atoms with van der Waals surface area (Å²) in [6, 6.07) is 4.43. The smallest absolute Gasteiger partial charge is 0.335 e. The van der Waals surface area contributed by atoms with E-state index in [0.29, 0.717) is 50.0 Å². The van der Waals surface area contributed by atoms with Crippen LogP contribution in [0.1, 0.15) is 54.1 Å². The number of nitrogens with zero attached hydrogens (tertiary/aromatic N) is 2. The van der Waals surface area contributed by atoms with Crippen LogP contribution >= 0.6 is 0 Å². The molecule has 2 heterocycles. The number of carbonyl (C=O) groups excluding carboxylic acids is 1. The van der Waals surface area contributed by atoms with E-state index in [1.165, 1.54) is 6.07 Å². The molecule has 0 aromatic heterocycles. The topological polar surface area (TPSA) is 100 Å². The number of carboxylic acids is 1. The average Bonchev–Trinajstić information content (AvgIpc) is 3.38. The number of terminal acetylenes is 1. The van der Waals surface area contributed by atoms with Gasteiger partial charge in [-0.3, -0.25) is 4.79 Å². The van der Waals surface area contributed by atoms with Gasteiger partial charge in [0.05, 0.1) is 18.2 Å². The van der Waals surface area contributed by atoms with Gasteiger partial charge in [0.1, 0.15) is 5.75 Å². The summed E-state index contributed by atoms with van der Waals surface area (Å²) in [6.07, 6.45) is 7.93. The molecule has 0 fully saturated rings. The fraction of sp³-hybridized carbons (Fsp3) is 0.444. The molecule has 0 spiro atoms. The van der Waals surface area contributed by atoms with E-state index < -0.39 is 11.6 Å². The normalized spacial score (nSPS) is 19.2. The van der Waals surface area contributed by atoms with Crippen LogP contribution < -0.4 is 10.1 Å². The highest BCUT2D eigenvalue weighted by Crippen LogP contribution is 2.38. The number of aromatic carboxylic acids is 1. The van der Waals surface area contributed by atoms with Crippen LogP contribution in [-0.4, -0.2) is 29.3 Å². The lowest BCUT2D eigenvalue weighted by atomic mass is 9.97. The highest BCUT2D eigenvalue weighted by Gasteiger charge is 2.39. The number of amides is 1. The number of fused-ring (bicyclic) bond motifs is 1. The second-order valence-electron chi connectivity index (χ2n) is 6.20. The quantitative estimate of drug-likeness (QED) is 0.745. The predicted octanol–water partition coefficient (Wildman–Crippen LogP) is 2.68. The number of hydrogen-bond donors (Lipinski definition) is 2. The minimum absolute atomic E-state index is 0.115. The fourth-order valence-corrected chi connectivity index (χ4v) is 2.93. The van der Waals surface area contributed by atoms with Crippen LogP contribution in [-0.2, 0) is 4.79 Å². The summed E-state index contributed by atoms with van der Waals surface area (Å²) in [5.74, 6) is 2.05. The predicted molar refractivity (Wildman–Crippen MR) is 89.3 cm³/mol. The molecule has 2 aliphatic heterocycles. The Kier molecular flexibility index (Phi) is 4.70. The Morgan fingerprint density at radius 2 is 2.20 bits per heavy atom. The molecule has 130 valence electrons. The van der Waals surface area contributed by atoms with Crippen molar-refractivity contribution in [1.82, 2.24) is 5.32 Å². The molecular formula is C18H19N3O4. The molecule has 1 unspecified atom stereocenters. The molecule has 0 saturated heterocycles. The second-order valence-corrected chi connectivity index (χ2v) is 6.20. The number of ether oxygens (including phenoxy) is 1. The largest absolute Gasteiger partial charge is 0.493 e. The van der Waals surface area contributed by atoms with Crippen LogP contribution in [0.2, 0.25) is 0 Å². The monoisotopic (exact) mass is 341 g/mol. The Morgan fingerprint density at radius 1 is 1.40 bits per heavy atom. The number of benzene rings is 1. The van der Waals surface area contributed by atoms with Crippen LogP contribution in [0.15, 0.2) is 28.4 Å². The van der Waals surface area contributed by atoms with Gasteiger partial charge in [0, 0.05) is 37.7 Å². The summed E-state index contributed by atoms with van der Waals surface area (Å²) in [6.45, 7) is 0.473. The Bertz CT molecular complexity index is 760. The highest BCUT2D eigenvalue weighted by atomic mass is 16.5. The maximum absolute atomic E-state index is 12.3. The first-order valence-corrected chi connectivity index (χ1v) is 8.20. The Hall–Kier alpha value is -2.88. The molecule has 7 heteroatoms. The molecule has 1 aromatic carbocycles. The molecule has 0 bridgehead atoms. The molecule has 0 aliphatic carbocycles. The molecule has 1 atom stereocenters. The van der Waals surface area contributed by atoms with Crippen molar-refractivity contribution in [3.63, 3.8) is 0 Å². The highest BCUT2D eigenvalue weighted by molar-refractivity contribution is 5.88. The zero-order valence-electron chi connectivity index (χ0n) is 13.7. The lowest BCUT2D eigenvalue weighted by Gasteiger charge is -2.27. The minimum atomic E-state index is -1.01. The third-order valence-corrected chi connectivity index (χ3v) is 4.44. The second kappa shape index (κ2) is 6.93. The molecule has 1 aromatic rings. The summed E-state index contributed by atoms with van der Waals surface area (Å²) < 4.78 is 5.55. The summed E-state index contributed by atoms with van der Waals surface area (Å²) in [4.78, 5) is 23.5. The SMILES string of the molecule is C#CCCC1(CCC(=O)NC2CCOc3ccc(C(=O)O)cc32)N=N1. The van der Waals surface area contributed by atoms with Crippen LogP contribution in [0.25, 0.3) is 0 Å². The van der Waals surface area contributed by atoms with Crippen molar-refractivity contribution in [3.05, 3.63) is 29.3 Å². The van der Waals surface area contributed by atoms with Gasteiger partial charge in [0.2, 0.25) is 5.91 Å². The summed E-state index contributed by atoms with van der Waals surface area (Å²) in [5, 5.41) is 20.1. The van der Waals surface area contributed by atoms with E-state index in [9.17, 15) is 9.59 Å². The number of rotatable bonds is 7. The van der Waals surface area contributed by atoms with E-state index in [1.54, 1.807) is 12.1 Å².